The van der Waals surface area contributed by atoms with Gasteiger partial charge in [-0.2, -0.15) is 0 Å². The zero-order valence-corrected chi connectivity index (χ0v) is 20.0. The quantitative estimate of drug-likeness (QED) is 0.307. The molecule has 2 aromatic carbocycles. The van der Waals surface area contributed by atoms with Gasteiger partial charge in [0.1, 0.15) is 0 Å². The molecule has 0 unspecified atom stereocenters. The van der Waals surface area contributed by atoms with Crippen LogP contribution in [0.1, 0.15) is 27.0 Å². The zero-order chi connectivity index (χ0) is 23.8. The Morgan fingerprint density at radius 3 is 2.65 bits per heavy atom. The molecule has 8 heteroatoms. The van der Waals surface area contributed by atoms with Crippen molar-refractivity contribution in [1.82, 2.24) is 19.7 Å². The summed E-state index contributed by atoms with van der Waals surface area (Å²) in [6, 6.07) is 15.5. The Morgan fingerprint density at radius 2 is 1.88 bits per heavy atom. The number of benzene rings is 2. The first kappa shape index (κ1) is 22.0. The molecule has 0 bridgehead atoms. The average molecular weight is 470 g/mol. The monoisotopic (exact) mass is 469 g/mol. The molecule has 1 aliphatic heterocycles. The molecule has 0 atom stereocenters. The molecule has 7 nitrogen and oxygen atoms in total. The summed E-state index contributed by atoms with van der Waals surface area (Å²) in [6.07, 6.45) is 3.81. The summed E-state index contributed by atoms with van der Waals surface area (Å²) in [4.78, 5) is 30.9. The number of likely N-dealkylation sites (N-methyl/N-ethyl adjacent to an activating group) is 1. The van der Waals surface area contributed by atoms with Crippen LogP contribution in [0, 0.1) is 13.8 Å². The molecule has 3 heterocycles. The Bertz CT molecular complexity index is 1410. The van der Waals surface area contributed by atoms with Crippen molar-refractivity contribution in [2.24, 2.45) is 0 Å². The molecular weight excluding hydrogens is 446 g/mol. The van der Waals surface area contributed by atoms with E-state index in [1.807, 2.05) is 34.9 Å². The van der Waals surface area contributed by atoms with Crippen molar-refractivity contribution in [3.8, 4) is 17.1 Å². The lowest BCUT2D eigenvalue weighted by Crippen LogP contribution is -2.20. The number of hydrogen-bond donors (Lipinski definition) is 0. The SMILES string of the molecule is Cc1ccc(-n2c(SCC(=O)c3ccc4c(c3)CC(=O)N4C)nnc2-c2cccnc2)c(C)c1. The standard InChI is InChI=1S/C26H23N5O2S/c1-16-6-8-21(17(2)11-16)31-25(19-5-4-10-27-14-19)28-29-26(31)34-15-23(32)18-7-9-22-20(12-18)13-24(33)30(22)3/h4-12,14H,13,15H2,1-3H3. The summed E-state index contributed by atoms with van der Waals surface area (Å²) in [5, 5.41) is 9.49. The molecule has 0 spiro atoms. The van der Waals surface area contributed by atoms with Crippen LogP contribution in [0.4, 0.5) is 5.69 Å². The summed E-state index contributed by atoms with van der Waals surface area (Å²) in [7, 11) is 1.76. The van der Waals surface area contributed by atoms with Crippen molar-refractivity contribution in [2.45, 2.75) is 25.4 Å². The minimum absolute atomic E-state index is 0.0205. The van der Waals surface area contributed by atoms with E-state index in [9.17, 15) is 9.59 Å². The van der Waals surface area contributed by atoms with E-state index < -0.39 is 0 Å². The van der Waals surface area contributed by atoms with E-state index in [0.29, 0.717) is 23.0 Å². The zero-order valence-electron chi connectivity index (χ0n) is 19.1. The summed E-state index contributed by atoms with van der Waals surface area (Å²) >= 11 is 1.35. The Kier molecular flexibility index (Phi) is 5.75. The molecule has 0 N–H and O–H groups in total. The molecule has 170 valence electrons. The molecule has 34 heavy (non-hydrogen) atoms. The van der Waals surface area contributed by atoms with Gasteiger partial charge in [0.15, 0.2) is 16.8 Å². The predicted molar refractivity (Wildman–Crippen MR) is 133 cm³/mol. The fourth-order valence-corrected chi connectivity index (χ4v) is 5.02. The minimum Gasteiger partial charge on any atom is -0.315 e. The number of carbonyl (C=O) groups excluding carboxylic acids is 2. The van der Waals surface area contributed by atoms with Gasteiger partial charge in [-0.15, -0.1) is 10.2 Å². The van der Waals surface area contributed by atoms with Crippen molar-refractivity contribution >= 4 is 29.1 Å². The lowest BCUT2D eigenvalue weighted by molar-refractivity contribution is -0.117. The summed E-state index contributed by atoms with van der Waals surface area (Å²) < 4.78 is 1.99. The van der Waals surface area contributed by atoms with Crippen LogP contribution >= 0.6 is 11.8 Å². The highest BCUT2D eigenvalue weighted by molar-refractivity contribution is 7.99. The highest BCUT2D eigenvalue weighted by Crippen LogP contribution is 2.31. The van der Waals surface area contributed by atoms with Gasteiger partial charge in [0.25, 0.3) is 0 Å². The summed E-state index contributed by atoms with van der Waals surface area (Å²) in [5.41, 5.74) is 6.42. The molecule has 0 radical (unpaired) electrons. The number of aromatic nitrogens is 4. The molecule has 5 rings (SSSR count). The first-order valence-corrected chi connectivity index (χ1v) is 11.9. The van der Waals surface area contributed by atoms with Crippen LogP contribution in [0.15, 0.2) is 66.1 Å². The van der Waals surface area contributed by atoms with Gasteiger partial charge in [0.2, 0.25) is 5.91 Å². The first-order chi connectivity index (χ1) is 16.4. The molecule has 0 saturated carbocycles. The maximum Gasteiger partial charge on any atom is 0.231 e. The maximum atomic E-state index is 13.0. The van der Waals surface area contributed by atoms with E-state index in [2.05, 4.69) is 41.2 Å². The Labute approximate surface area is 201 Å². The van der Waals surface area contributed by atoms with Gasteiger partial charge in [0, 0.05) is 36.3 Å². The summed E-state index contributed by atoms with van der Waals surface area (Å²) in [6.45, 7) is 4.11. The van der Waals surface area contributed by atoms with Crippen LogP contribution in [-0.4, -0.2) is 44.2 Å². The lowest BCUT2D eigenvalue weighted by Gasteiger charge is -2.13. The number of pyridine rings is 1. The fraction of sp³-hybridized carbons (Fsp3) is 0.192. The number of aryl methyl sites for hydroxylation is 2. The second kappa shape index (κ2) is 8.87. The normalized spacial score (nSPS) is 12.8. The van der Waals surface area contributed by atoms with E-state index in [4.69, 9.17) is 0 Å². The smallest absolute Gasteiger partial charge is 0.231 e. The van der Waals surface area contributed by atoms with Crippen LogP contribution < -0.4 is 4.90 Å². The Morgan fingerprint density at radius 1 is 1.06 bits per heavy atom. The molecule has 0 aliphatic carbocycles. The van der Waals surface area contributed by atoms with Gasteiger partial charge in [-0.3, -0.25) is 19.1 Å². The summed E-state index contributed by atoms with van der Waals surface area (Å²) in [5.74, 6) is 0.902. The van der Waals surface area contributed by atoms with Crippen molar-refractivity contribution in [3.05, 3.63) is 83.2 Å². The van der Waals surface area contributed by atoms with Crippen molar-refractivity contribution < 1.29 is 9.59 Å². The van der Waals surface area contributed by atoms with Gasteiger partial charge >= 0.3 is 0 Å². The van der Waals surface area contributed by atoms with Crippen LogP contribution in [0.5, 0.6) is 0 Å². The van der Waals surface area contributed by atoms with Crippen LogP contribution in [0.2, 0.25) is 0 Å². The number of thioether (sulfide) groups is 1. The van der Waals surface area contributed by atoms with E-state index in [-0.39, 0.29) is 17.4 Å². The number of fused-ring (bicyclic) bond motifs is 1. The van der Waals surface area contributed by atoms with Gasteiger partial charge in [-0.05, 0) is 61.4 Å². The third-order valence-corrected chi connectivity index (χ3v) is 6.89. The molecule has 1 aliphatic rings. The fourth-order valence-electron chi connectivity index (χ4n) is 4.18. The van der Waals surface area contributed by atoms with E-state index in [1.165, 1.54) is 17.3 Å². The average Bonchev–Trinajstić information content (AvgIpc) is 3.38. The Hall–Kier alpha value is -3.78. The van der Waals surface area contributed by atoms with Crippen molar-refractivity contribution in [1.29, 1.82) is 0 Å². The Balaban J connectivity index is 1.45. The lowest BCUT2D eigenvalue weighted by atomic mass is 10.1. The molecule has 0 saturated heterocycles. The number of Topliss-reactive ketones (excluding diaryl/α,β-unsaturated/α-hetero) is 1. The topological polar surface area (TPSA) is 81.0 Å². The molecular formula is C26H23N5O2S. The van der Waals surface area contributed by atoms with Crippen molar-refractivity contribution in [3.63, 3.8) is 0 Å². The van der Waals surface area contributed by atoms with Crippen LogP contribution in [0.25, 0.3) is 17.1 Å². The molecule has 2 aromatic heterocycles. The van der Waals surface area contributed by atoms with Crippen LogP contribution in [-0.2, 0) is 11.2 Å². The van der Waals surface area contributed by atoms with Gasteiger partial charge in [0.05, 0.1) is 17.9 Å². The van der Waals surface area contributed by atoms with Crippen LogP contribution in [0.3, 0.4) is 0 Å². The number of amides is 1. The number of rotatable bonds is 6. The largest absolute Gasteiger partial charge is 0.315 e. The number of carbonyl (C=O) groups is 2. The number of anilines is 1. The first-order valence-electron chi connectivity index (χ1n) is 10.9. The minimum atomic E-state index is -0.0205. The highest BCUT2D eigenvalue weighted by Gasteiger charge is 2.25. The van der Waals surface area contributed by atoms with Gasteiger partial charge < -0.3 is 4.90 Å². The van der Waals surface area contributed by atoms with Gasteiger partial charge in [-0.1, -0.05) is 29.5 Å². The third kappa shape index (κ3) is 4.01. The number of hydrogen-bond acceptors (Lipinski definition) is 6. The van der Waals surface area contributed by atoms with E-state index in [0.717, 1.165) is 28.1 Å². The van der Waals surface area contributed by atoms with Crippen molar-refractivity contribution in [2.75, 3.05) is 17.7 Å². The van der Waals surface area contributed by atoms with Gasteiger partial charge in [-0.25, -0.2) is 0 Å². The van der Waals surface area contributed by atoms with E-state index >= 15 is 0 Å². The molecule has 1 amide bonds. The molecule has 4 aromatic rings. The predicted octanol–water partition coefficient (Wildman–Crippen LogP) is 4.44. The highest BCUT2D eigenvalue weighted by atomic mass is 32.2. The maximum absolute atomic E-state index is 13.0. The number of ketones is 1. The second-order valence-electron chi connectivity index (χ2n) is 8.36. The number of nitrogens with zero attached hydrogens (tertiary/aromatic N) is 5. The molecule has 0 fully saturated rings. The third-order valence-electron chi connectivity index (χ3n) is 5.96. The van der Waals surface area contributed by atoms with E-state index in [1.54, 1.807) is 30.4 Å². The second-order valence-corrected chi connectivity index (χ2v) is 9.30.